The Morgan fingerprint density at radius 1 is 1.53 bits per heavy atom. The van der Waals surface area contributed by atoms with E-state index < -0.39 is 0 Å². The van der Waals surface area contributed by atoms with Crippen LogP contribution in [0.25, 0.3) is 0 Å². The van der Waals surface area contributed by atoms with Gasteiger partial charge in [-0.1, -0.05) is 19.1 Å². The smallest absolute Gasteiger partial charge is 0.137 e. The molecule has 1 rings (SSSR count). The molecule has 0 radical (unpaired) electrons. The highest BCUT2D eigenvalue weighted by molar-refractivity contribution is 9.10. The molecule has 2 nitrogen and oxygen atoms in total. The van der Waals surface area contributed by atoms with Crippen LogP contribution in [0.4, 0.5) is 4.39 Å². The average molecular weight is 276 g/mol. The predicted molar refractivity (Wildman–Crippen MR) is 62.1 cm³/mol. The van der Waals surface area contributed by atoms with Crippen molar-refractivity contribution in [2.75, 3.05) is 13.2 Å². The molecule has 0 saturated carbocycles. The SMILES string of the molecule is CC(CO)CNCc1cccc(F)c1Br. The van der Waals surface area contributed by atoms with Gasteiger partial charge in [-0.15, -0.1) is 0 Å². The molecule has 0 spiro atoms. The van der Waals surface area contributed by atoms with E-state index in [1.807, 2.05) is 13.0 Å². The van der Waals surface area contributed by atoms with Crippen molar-refractivity contribution in [1.82, 2.24) is 5.32 Å². The van der Waals surface area contributed by atoms with Gasteiger partial charge < -0.3 is 10.4 Å². The summed E-state index contributed by atoms with van der Waals surface area (Å²) in [7, 11) is 0. The lowest BCUT2D eigenvalue weighted by molar-refractivity contribution is 0.233. The second-order valence-electron chi connectivity index (χ2n) is 3.63. The molecule has 15 heavy (non-hydrogen) atoms. The standard InChI is InChI=1S/C11H15BrFNO/c1-8(7-15)5-14-6-9-3-2-4-10(13)11(9)12/h2-4,8,14-15H,5-7H2,1H3. The van der Waals surface area contributed by atoms with E-state index in [4.69, 9.17) is 5.11 Å². The molecule has 84 valence electrons. The van der Waals surface area contributed by atoms with Crippen LogP contribution in [0.5, 0.6) is 0 Å². The Morgan fingerprint density at radius 3 is 2.93 bits per heavy atom. The fourth-order valence-electron chi connectivity index (χ4n) is 1.20. The Kier molecular flexibility index (Phi) is 5.22. The van der Waals surface area contributed by atoms with Gasteiger partial charge in [0.25, 0.3) is 0 Å². The molecular weight excluding hydrogens is 261 g/mol. The summed E-state index contributed by atoms with van der Waals surface area (Å²) in [5.41, 5.74) is 0.889. The topological polar surface area (TPSA) is 32.3 Å². The van der Waals surface area contributed by atoms with Crippen LogP contribution in [0, 0.1) is 11.7 Å². The first-order chi connectivity index (χ1) is 7.15. The highest BCUT2D eigenvalue weighted by atomic mass is 79.9. The summed E-state index contributed by atoms with van der Waals surface area (Å²) in [5.74, 6) is -0.0261. The molecule has 1 unspecified atom stereocenters. The number of rotatable bonds is 5. The van der Waals surface area contributed by atoms with Crippen molar-refractivity contribution in [3.05, 3.63) is 34.1 Å². The van der Waals surface area contributed by atoms with Crippen LogP contribution in [-0.4, -0.2) is 18.3 Å². The minimum atomic E-state index is -0.246. The fourth-order valence-corrected chi connectivity index (χ4v) is 1.61. The number of benzene rings is 1. The van der Waals surface area contributed by atoms with E-state index in [9.17, 15) is 4.39 Å². The molecular formula is C11H15BrFNO. The summed E-state index contributed by atoms with van der Waals surface area (Å²) in [4.78, 5) is 0. The highest BCUT2D eigenvalue weighted by Crippen LogP contribution is 2.19. The average Bonchev–Trinajstić information content (AvgIpc) is 2.24. The minimum absolute atomic E-state index is 0.164. The molecule has 4 heteroatoms. The molecule has 1 aromatic rings. The van der Waals surface area contributed by atoms with Crippen LogP contribution in [0.1, 0.15) is 12.5 Å². The van der Waals surface area contributed by atoms with Gasteiger partial charge in [0.05, 0.1) is 4.47 Å². The van der Waals surface area contributed by atoms with Crippen molar-refractivity contribution in [2.45, 2.75) is 13.5 Å². The van der Waals surface area contributed by atoms with Crippen molar-refractivity contribution in [3.8, 4) is 0 Å². The molecule has 0 heterocycles. The molecule has 1 atom stereocenters. The molecule has 0 aromatic heterocycles. The molecule has 2 N–H and O–H groups in total. The number of hydrogen-bond acceptors (Lipinski definition) is 2. The normalized spacial score (nSPS) is 12.8. The zero-order valence-electron chi connectivity index (χ0n) is 8.63. The number of aliphatic hydroxyl groups excluding tert-OH is 1. The van der Waals surface area contributed by atoms with Gasteiger partial charge in [0.2, 0.25) is 0 Å². The van der Waals surface area contributed by atoms with Gasteiger partial charge in [0, 0.05) is 19.7 Å². The van der Waals surface area contributed by atoms with Crippen LogP contribution >= 0.6 is 15.9 Å². The van der Waals surface area contributed by atoms with E-state index in [1.165, 1.54) is 6.07 Å². The lowest BCUT2D eigenvalue weighted by Gasteiger charge is -2.10. The number of hydrogen-bond donors (Lipinski definition) is 2. The first-order valence-corrected chi connectivity index (χ1v) is 5.69. The van der Waals surface area contributed by atoms with E-state index in [1.54, 1.807) is 6.07 Å². The quantitative estimate of drug-likeness (QED) is 0.865. The zero-order chi connectivity index (χ0) is 11.3. The second-order valence-corrected chi connectivity index (χ2v) is 4.42. The summed E-state index contributed by atoms with van der Waals surface area (Å²) in [6.07, 6.45) is 0. The maximum atomic E-state index is 13.1. The third-order valence-electron chi connectivity index (χ3n) is 2.15. The van der Waals surface area contributed by atoms with Gasteiger partial charge in [0.15, 0.2) is 0 Å². The first kappa shape index (κ1) is 12.6. The highest BCUT2D eigenvalue weighted by Gasteiger charge is 2.05. The van der Waals surface area contributed by atoms with Crippen molar-refractivity contribution < 1.29 is 9.50 Å². The molecule has 0 fully saturated rings. The summed E-state index contributed by atoms with van der Waals surface area (Å²) in [6, 6.07) is 4.97. The van der Waals surface area contributed by atoms with Gasteiger partial charge >= 0.3 is 0 Å². The van der Waals surface area contributed by atoms with E-state index in [-0.39, 0.29) is 18.3 Å². The lowest BCUT2D eigenvalue weighted by atomic mass is 10.2. The van der Waals surface area contributed by atoms with Crippen molar-refractivity contribution in [1.29, 1.82) is 0 Å². The van der Waals surface area contributed by atoms with E-state index in [0.29, 0.717) is 11.0 Å². The largest absolute Gasteiger partial charge is 0.396 e. The molecule has 0 bridgehead atoms. The molecule has 0 aliphatic heterocycles. The van der Waals surface area contributed by atoms with Crippen LogP contribution in [0.15, 0.2) is 22.7 Å². The third kappa shape index (κ3) is 3.89. The predicted octanol–water partition coefficient (Wildman–Crippen LogP) is 2.31. The van der Waals surface area contributed by atoms with Crippen LogP contribution in [-0.2, 0) is 6.54 Å². The van der Waals surface area contributed by atoms with Crippen LogP contribution in [0.3, 0.4) is 0 Å². The maximum Gasteiger partial charge on any atom is 0.137 e. The summed E-state index contributed by atoms with van der Waals surface area (Å²) >= 11 is 3.20. The van der Waals surface area contributed by atoms with Gasteiger partial charge in [-0.3, -0.25) is 0 Å². The van der Waals surface area contributed by atoms with Crippen molar-refractivity contribution in [3.63, 3.8) is 0 Å². The summed E-state index contributed by atoms with van der Waals surface area (Å²) < 4.78 is 13.6. The molecule has 0 aliphatic rings. The van der Waals surface area contributed by atoms with Gasteiger partial charge in [-0.05, 0) is 33.5 Å². The molecule has 0 amide bonds. The number of nitrogens with one attached hydrogen (secondary N) is 1. The Labute approximate surface area is 97.6 Å². The van der Waals surface area contributed by atoms with E-state index in [2.05, 4.69) is 21.2 Å². The van der Waals surface area contributed by atoms with E-state index >= 15 is 0 Å². The Morgan fingerprint density at radius 2 is 2.27 bits per heavy atom. The molecule has 0 aliphatic carbocycles. The van der Waals surface area contributed by atoms with Gasteiger partial charge in [-0.2, -0.15) is 0 Å². The van der Waals surface area contributed by atoms with E-state index in [0.717, 1.165) is 12.1 Å². The first-order valence-electron chi connectivity index (χ1n) is 4.89. The van der Waals surface area contributed by atoms with Crippen molar-refractivity contribution in [2.24, 2.45) is 5.92 Å². The lowest BCUT2D eigenvalue weighted by Crippen LogP contribution is -2.22. The summed E-state index contributed by atoms with van der Waals surface area (Å²) in [6.45, 7) is 3.44. The number of aliphatic hydroxyl groups is 1. The van der Waals surface area contributed by atoms with Gasteiger partial charge in [0.1, 0.15) is 5.82 Å². The minimum Gasteiger partial charge on any atom is -0.396 e. The Hall–Kier alpha value is -0.450. The fraction of sp³-hybridized carbons (Fsp3) is 0.455. The zero-order valence-corrected chi connectivity index (χ0v) is 10.2. The van der Waals surface area contributed by atoms with Crippen LogP contribution in [0.2, 0.25) is 0 Å². The Balaban J connectivity index is 2.47. The molecule has 1 aromatic carbocycles. The van der Waals surface area contributed by atoms with Gasteiger partial charge in [-0.25, -0.2) is 4.39 Å². The second kappa shape index (κ2) is 6.20. The van der Waals surface area contributed by atoms with Crippen molar-refractivity contribution >= 4 is 15.9 Å². The van der Waals surface area contributed by atoms with Crippen LogP contribution < -0.4 is 5.32 Å². The Bertz CT molecular complexity index is 319. The number of halogens is 2. The molecule has 0 saturated heterocycles. The third-order valence-corrected chi connectivity index (χ3v) is 3.04. The summed E-state index contributed by atoms with van der Waals surface area (Å²) in [5, 5.41) is 12.0. The monoisotopic (exact) mass is 275 g/mol. The maximum absolute atomic E-state index is 13.1.